The second kappa shape index (κ2) is 7.98. The summed E-state index contributed by atoms with van der Waals surface area (Å²) in [6.07, 6.45) is 1.47. The van der Waals surface area contributed by atoms with E-state index in [2.05, 4.69) is 24.4 Å². The molecule has 5 nitrogen and oxygen atoms in total. The Morgan fingerprint density at radius 1 is 1.26 bits per heavy atom. The fraction of sp³-hybridized carbons (Fsp3) is 0.222. The summed E-state index contributed by atoms with van der Waals surface area (Å²) in [5.41, 5.74) is 3.64. The number of hydrogen-bond donors (Lipinski definition) is 2. The van der Waals surface area contributed by atoms with Crippen LogP contribution in [0.15, 0.2) is 53.6 Å². The number of amides is 1. The van der Waals surface area contributed by atoms with Crippen LogP contribution in [0.1, 0.15) is 29.8 Å². The highest BCUT2D eigenvalue weighted by Crippen LogP contribution is 2.13. The minimum atomic E-state index is -0.309. The van der Waals surface area contributed by atoms with E-state index >= 15 is 0 Å². The van der Waals surface area contributed by atoms with Crippen LogP contribution in [-0.4, -0.2) is 23.8 Å². The first kappa shape index (κ1) is 16.5. The van der Waals surface area contributed by atoms with Crippen molar-refractivity contribution in [3.63, 3.8) is 0 Å². The molecular weight excluding hydrogens is 292 g/mol. The fourth-order valence-corrected chi connectivity index (χ4v) is 1.80. The molecule has 0 spiro atoms. The van der Waals surface area contributed by atoms with Gasteiger partial charge in [-0.05, 0) is 47.9 Å². The zero-order valence-corrected chi connectivity index (χ0v) is 13.2. The van der Waals surface area contributed by atoms with Crippen molar-refractivity contribution in [3.05, 3.63) is 59.7 Å². The number of phenolic OH excluding ortho intramolecular Hbond substituents is 1. The van der Waals surface area contributed by atoms with Crippen LogP contribution in [0.2, 0.25) is 0 Å². The first-order chi connectivity index (χ1) is 11.0. The smallest absolute Gasteiger partial charge is 0.271 e. The summed E-state index contributed by atoms with van der Waals surface area (Å²) in [6.45, 7) is 4.79. The molecule has 0 unspecified atom stereocenters. The molecule has 0 fully saturated rings. The van der Waals surface area contributed by atoms with Gasteiger partial charge in [-0.25, -0.2) is 5.43 Å². The molecule has 1 amide bonds. The third kappa shape index (κ3) is 5.47. The highest BCUT2D eigenvalue weighted by Gasteiger charge is 2.04. The lowest BCUT2D eigenvalue weighted by molar-refractivity contribution is 0.0955. The van der Waals surface area contributed by atoms with Crippen LogP contribution >= 0.6 is 0 Å². The van der Waals surface area contributed by atoms with E-state index in [0.29, 0.717) is 23.7 Å². The van der Waals surface area contributed by atoms with E-state index in [1.54, 1.807) is 48.5 Å². The molecule has 0 aliphatic carbocycles. The van der Waals surface area contributed by atoms with Crippen LogP contribution in [0, 0.1) is 5.92 Å². The lowest BCUT2D eigenvalue weighted by Gasteiger charge is -2.08. The van der Waals surface area contributed by atoms with Crippen molar-refractivity contribution in [2.24, 2.45) is 11.0 Å². The highest BCUT2D eigenvalue weighted by molar-refractivity contribution is 5.95. The van der Waals surface area contributed by atoms with Gasteiger partial charge in [0, 0.05) is 5.56 Å². The Morgan fingerprint density at radius 2 is 2.00 bits per heavy atom. The molecule has 0 saturated heterocycles. The average molecular weight is 312 g/mol. The number of nitrogens with one attached hydrogen (secondary N) is 1. The molecule has 120 valence electrons. The SMILES string of the molecule is CC(C)COc1ccc(C(=O)NN=Cc2cccc(O)c2)cc1. The molecule has 0 bridgehead atoms. The first-order valence-electron chi connectivity index (χ1n) is 7.40. The zero-order valence-electron chi connectivity index (χ0n) is 13.2. The third-order valence-corrected chi connectivity index (χ3v) is 2.95. The summed E-state index contributed by atoms with van der Waals surface area (Å²) < 4.78 is 5.57. The Morgan fingerprint density at radius 3 is 2.65 bits per heavy atom. The highest BCUT2D eigenvalue weighted by atomic mass is 16.5. The molecular formula is C18H20N2O3. The van der Waals surface area contributed by atoms with E-state index < -0.39 is 0 Å². The van der Waals surface area contributed by atoms with Gasteiger partial charge in [-0.2, -0.15) is 5.10 Å². The predicted molar refractivity (Wildman–Crippen MR) is 89.9 cm³/mol. The number of rotatable bonds is 6. The largest absolute Gasteiger partial charge is 0.508 e. The van der Waals surface area contributed by atoms with E-state index in [1.165, 1.54) is 6.21 Å². The van der Waals surface area contributed by atoms with Crippen molar-refractivity contribution in [2.75, 3.05) is 6.61 Å². The lowest BCUT2D eigenvalue weighted by Crippen LogP contribution is -2.17. The van der Waals surface area contributed by atoms with Crippen LogP contribution in [0.3, 0.4) is 0 Å². The number of ether oxygens (including phenoxy) is 1. The van der Waals surface area contributed by atoms with Crippen LogP contribution in [0.25, 0.3) is 0 Å². The van der Waals surface area contributed by atoms with Crippen molar-refractivity contribution in [3.8, 4) is 11.5 Å². The van der Waals surface area contributed by atoms with E-state index in [-0.39, 0.29) is 11.7 Å². The summed E-state index contributed by atoms with van der Waals surface area (Å²) in [4.78, 5) is 12.0. The Kier molecular flexibility index (Phi) is 5.74. The molecule has 2 aromatic carbocycles. The van der Waals surface area contributed by atoms with Crippen molar-refractivity contribution >= 4 is 12.1 Å². The molecule has 2 aromatic rings. The molecule has 23 heavy (non-hydrogen) atoms. The second-order valence-electron chi connectivity index (χ2n) is 5.52. The Labute approximate surface area is 135 Å². The monoisotopic (exact) mass is 312 g/mol. The van der Waals surface area contributed by atoms with Gasteiger partial charge in [0.15, 0.2) is 0 Å². The summed E-state index contributed by atoms with van der Waals surface area (Å²) >= 11 is 0. The Balaban J connectivity index is 1.90. The maximum absolute atomic E-state index is 12.0. The average Bonchev–Trinajstić information content (AvgIpc) is 2.53. The number of carbonyl (C=O) groups is 1. The number of nitrogens with zero attached hydrogens (tertiary/aromatic N) is 1. The number of hydrogen-bond acceptors (Lipinski definition) is 4. The molecule has 2 N–H and O–H groups in total. The third-order valence-electron chi connectivity index (χ3n) is 2.95. The molecule has 0 aromatic heterocycles. The van der Waals surface area contributed by atoms with E-state index in [0.717, 1.165) is 5.75 Å². The van der Waals surface area contributed by atoms with Gasteiger partial charge in [0.25, 0.3) is 5.91 Å². The van der Waals surface area contributed by atoms with Crippen LogP contribution in [-0.2, 0) is 0 Å². The molecule has 0 heterocycles. The minimum absolute atomic E-state index is 0.150. The number of phenols is 1. The number of hydrazone groups is 1. The van der Waals surface area contributed by atoms with Gasteiger partial charge >= 0.3 is 0 Å². The summed E-state index contributed by atoms with van der Waals surface area (Å²) in [6, 6.07) is 13.5. The molecule has 5 heteroatoms. The van der Waals surface area contributed by atoms with Gasteiger partial charge < -0.3 is 9.84 Å². The Bertz CT molecular complexity index is 679. The molecule has 0 saturated carbocycles. The van der Waals surface area contributed by atoms with Crippen LogP contribution < -0.4 is 10.2 Å². The van der Waals surface area contributed by atoms with Crippen molar-refractivity contribution in [1.29, 1.82) is 0 Å². The number of benzene rings is 2. The van der Waals surface area contributed by atoms with Gasteiger partial charge in [0.1, 0.15) is 11.5 Å². The maximum atomic E-state index is 12.0. The van der Waals surface area contributed by atoms with Crippen molar-refractivity contribution < 1.29 is 14.6 Å². The van der Waals surface area contributed by atoms with E-state index in [4.69, 9.17) is 4.74 Å². The molecule has 0 radical (unpaired) electrons. The summed E-state index contributed by atoms with van der Waals surface area (Å²) in [7, 11) is 0. The van der Waals surface area contributed by atoms with Gasteiger partial charge in [-0.1, -0.05) is 26.0 Å². The normalized spacial score (nSPS) is 10.9. The zero-order chi connectivity index (χ0) is 16.7. The maximum Gasteiger partial charge on any atom is 0.271 e. The van der Waals surface area contributed by atoms with Crippen molar-refractivity contribution in [2.45, 2.75) is 13.8 Å². The Hall–Kier alpha value is -2.82. The molecule has 0 aliphatic rings. The van der Waals surface area contributed by atoms with Gasteiger partial charge in [-0.15, -0.1) is 0 Å². The molecule has 0 atom stereocenters. The van der Waals surface area contributed by atoms with Gasteiger partial charge in [0.2, 0.25) is 0 Å². The van der Waals surface area contributed by atoms with Crippen molar-refractivity contribution in [1.82, 2.24) is 5.43 Å². The number of carbonyl (C=O) groups excluding carboxylic acids is 1. The standard InChI is InChI=1S/C18H20N2O3/c1-13(2)12-23-17-8-6-15(7-9-17)18(22)20-19-11-14-4-3-5-16(21)10-14/h3-11,13,21H,12H2,1-2H3,(H,20,22). The van der Waals surface area contributed by atoms with Gasteiger partial charge in [-0.3, -0.25) is 4.79 Å². The molecule has 2 rings (SSSR count). The molecule has 0 aliphatic heterocycles. The minimum Gasteiger partial charge on any atom is -0.508 e. The summed E-state index contributed by atoms with van der Waals surface area (Å²) in [5.74, 6) is 1.03. The van der Waals surface area contributed by atoms with Crippen LogP contribution in [0.5, 0.6) is 11.5 Å². The lowest BCUT2D eigenvalue weighted by atomic mass is 10.2. The first-order valence-corrected chi connectivity index (χ1v) is 7.40. The van der Waals surface area contributed by atoms with Crippen LogP contribution in [0.4, 0.5) is 0 Å². The summed E-state index contributed by atoms with van der Waals surface area (Å²) in [5, 5.41) is 13.2. The quantitative estimate of drug-likeness (QED) is 0.635. The van der Waals surface area contributed by atoms with Gasteiger partial charge in [0.05, 0.1) is 12.8 Å². The topological polar surface area (TPSA) is 70.9 Å². The second-order valence-corrected chi connectivity index (χ2v) is 5.52. The predicted octanol–water partition coefficient (Wildman–Crippen LogP) is 3.19. The van der Waals surface area contributed by atoms with E-state index in [1.807, 2.05) is 0 Å². The van der Waals surface area contributed by atoms with E-state index in [9.17, 15) is 9.90 Å². The fourth-order valence-electron chi connectivity index (χ4n) is 1.80. The number of aromatic hydroxyl groups is 1.